The Labute approximate surface area is 223 Å². The molecule has 2 N–H and O–H groups in total. The Balaban J connectivity index is 1.56. The number of benzene rings is 2. The van der Waals surface area contributed by atoms with Crippen molar-refractivity contribution in [2.45, 2.75) is 57.8 Å². The van der Waals surface area contributed by atoms with Crippen molar-refractivity contribution in [1.29, 1.82) is 0 Å². The lowest BCUT2D eigenvalue weighted by Crippen LogP contribution is -2.47. The third-order valence-corrected chi connectivity index (χ3v) is 6.19. The molecule has 0 aliphatic carbocycles. The first-order chi connectivity index (χ1) is 17.9. The van der Waals surface area contributed by atoms with Crippen LogP contribution in [0.4, 0.5) is 24.5 Å². The standard InChI is InChI=1S/C26H28ClFN4O6/c1-26(2,3)38-25(36)32-20-8-7-19(12-16(20)14-29-32)30-23(33)37-22(15-10-17(27)13-18(28)11-15)21-6-4-5-9-31(21)24(34)35/h7-8,10-14,21-22H,4-6,9H2,1-3H3,(H,30,33)(H,34,35)/t21-,22+/m0/s1. The molecule has 4 rings (SSSR count). The number of carboxylic acid groups (broad SMARTS) is 1. The number of nitrogens with one attached hydrogen (secondary N) is 1. The van der Waals surface area contributed by atoms with E-state index in [2.05, 4.69) is 10.4 Å². The van der Waals surface area contributed by atoms with E-state index in [1.807, 2.05) is 0 Å². The molecule has 1 saturated heterocycles. The number of hydrogen-bond donors (Lipinski definition) is 2. The quantitative estimate of drug-likeness (QED) is 0.386. The van der Waals surface area contributed by atoms with E-state index in [0.29, 0.717) is 29.4 Å². The van der Waals surface area contributed by atoms with Crippen molar-refractivity contribution in [3.8, 4) is 0 Å². The van der Waals surface area contributed by atoms with Crippen LogP contribution in [0, 0.1) is 5.82 Å². The van der Waals surface area contributed by atoms with Crippen LogP contribution < -0.4 is 5.32 Å². The second-order valence-corrected chi connectivity index (χ2v) is 10.4. The van der Waals surface area contributed by atoms with Crippen LogP contribution in [-0.2, 0) is 9.47 Å². The Hall–Kier alpha value is -3.86. The van der Waals surface area contributed by atoms with E-state index < -0.39 is 41.8 Å². The predicted molar refractivity (Wildman–Crippen MR) is 138 cm³/mol. The monoisotopic (exact) mass is 546 g/mol. The molecular formula is C26H28ClFN4O6. The molecule has 2 amide bonds. The number of aromatic nitrogens is 2. The highest BCUT2D eigenvalue weighted by Crippen LogP contribution is 2.34. The second kappa shape index (κ2) is 10.9. The van der Waals surface area contributed by atoms with E-state index in [9.17, 15) is 23.9 Å². The van der Waals surface area contributed by atoms with Gasteiger partial charge in [0.2, 0.25) is 0 Å². The first-order valence-electron chi connectivity index (χ1n) is 12.1. The van der Waals surface area contributed by atoms with Gasteiger partial charge in [0.1, 0.15) is 17.5 Å². The van der Waals surface area contributed by atoms with Crippen LogP contribution in [0.5, 0.6) is 0 Å². The van der Waals surface area contributed by atoms with Crippen LogP contribution in [0.3, 0.4) is 0 Å². The van der Waals surface area contributed by atoms with Crippen molar-refractivity contribution in [1.82, 2.24) is 14.7 Å². The lowest BCUT2D eigenvalue weighted by Gasteiger charge is -2.38. The summed E-state index contributed by atoms with van der Waals surface area (Å²) in [6.45, 7) is 5.51. The highest BCUT2D eigenvalue weighted by molar-refractivity contribution is 6.30. The molecule has 1 aliphatic rings. The second-order valence-electron chi connectivity index (χ2n) is 10.0. The minimum absolute atomic E-state index is 0.0964. The summed E-state index contributed by atoms with van der Waals surface area (Å²) in [5, 5.41) is 17.1. The van der Waals surface area contributed by atoms with Gasteiger partial charge in [0.15, 0.2) is 0 Å². The number of piperidine rings is 1. The van der Waals surface area contributed by atoms with Gasteiger partial charge in [-0.1, -0.05) is 11.6 Å². The number of anilines is 1. The van der Waals surface area contributed by atoms with E-state index in [4.69, 9.17) is 21.1 Å². The number of amides is 2. The molecule has 12 heteroatoms. The molecular weight excluding hydrogens is 519 g/mol. The van der Waals surface area contributed by atoms with Gasteiger partial charge < -0.3 is 19.5 Å². The van der Waals surface area contributed by atoms with Gasteiger partial charge in [-0.2, -0.15) is 9.78 Å². The molecule has 0 spiro atoms. The molecule has 2 atom stereocenters. The number of carbonyl (C=O) groups is 3. The van der Waals surface area contributed by atoms with Crippen molar-refractivity contribution in [3.63, 3.8) is 0 Å². The molecule has 2 heterocycles. The molecule has 2 aromatic carbocycles. The number of carbonyl (C=O) groups excluding carboxylic acids is 2. The van der Waals surface area contributed by atoms with Gasteiger partial charge in [0, 0.05) is 22.6 Å². The zero-order valence-corrected chi connectivity index (χ0v) is 21.9. The summed E-state index contributed by atoms with van der Waals surface area (Å²) >= 11 is 6.05. The first-order valence-corrected chi connectivity index (χ1v) is 12.4. The van der Waals surface area contributed by atoms with E-state index in [-0.39, 0.29) is 17.1 Å². The van der Waals surface area contributed by atoms with E-state index in [0.717, 1.165) is 17.2 Å². The number of rotatable bonds is 4. The number of halogens is 2. The largest absolute Gasteiger partial charge is 0.465 e. The summed E-state index contributed by atoms with van der Waals surface area (Å²) in [5.41, 5.74) is 0.376. The summed E-state index contributed by atoms with van der Waals surface area (Å²) < 4.78 is 26.4. The number of likely N-dealkylation sites (tertiary alicyclic amines) is 1. The van der Waals surface area contributed by atoms with Crippen molar-refractivity contribution >= 4 is 46.5 Å². The van der Waals surface area contributed by atoms with E-state index in [1.54, 1.807) is 39.0 Å². The van der Waals surface area contributed by atoms with Crippen molar-refractivity contribution < 1.29 is 33.4 Å². The SMILES string of the molecule is CC(C)(C)OC(=O)n1ncc2cc(NC(=O)O[C@H](c3cc(F)cc(Cl)c3)[C@@H]3CCCCN3C(=O)O)ccc21. The number of nitrogens with zero attached hydrogens (tertiary/aromatic N) is 3. The Kier molecular flexibility index (Phi) is 7.77. The van der Waals surface area contributed by atoms with Crippen LogP contribution in [-0.4, -0.2) is 56.3 Å². The summed E-state index contributed by atoms with van der Waals surface area (Å²) in [5.74, 6) is -0.633. The first kappa shape index (κ1) is 27.2. The minimum atomic E-state index is -1.15. The normalized spacial score (nSPS) is 16.7. The van der Waals surface area contributed by atoms with Gasteiger partial charge in [0.05, 0.1) is 17.8 Å². The van der Waals surface area contributed by atoms with Gasteiger partial charge in [0.25, 0.3) is 0 Å². The third kappa shape index (κ3) is 6.34. The van der Waals surface area contributed by atoms with Gasteiger partial charge in [-0.25, -0.2) is 18.8 Å². The average molecular weight is 547 g/mol. The fraction of sp³-hybridized carbons (Fsp3) is 0.385. The fourth-order valence-corrected chi connectivity index (χ4v) is 4.67. The smallest absolute Gasteiger partial charge is 0.435 e. The van der Waals surface area contributed by atoms with Gasteiger partial charge in [-0.15, -0.1) is 0 Å². The Bertz CT molecular complexity index is 1350. The lowest BCUT2D eigenvalue weighted by molar-refractivity contribution is 0.0177. The maximum atomic E-state index is 14.2. The third-order valence-electron chi connectivity index (χ3n) is 5.97. The Morgan fingerprint density at radius 2 is 1.95 bits per heavy atom. The van der Waals surface area contributed by atoms with E-state index >= 15 is 0 Å². The zero-order valence-electron chi connectivity index (χ0n) is 21.1. The van der Waals surface area contributed by atoms with Gasteiger partial charge in [-0.05, 0) is 82.0 Å². The molecule has 10 nitrogen and oxygen atoms in total. The molecule has 38 heavy (non-hydrogen) atoms. The highest BCUT2D eigenvalue weighted by Gasteiger charge is 2.37. The Morgan fingerprint density at radius 1 is 1.18 bits per heavy atom. The number of fused-ring (bicyclic) bond motifs is 1. The summed E-state index contributed by atoms with van der Waals surface area (Å²) in [6, 6.07) is 7.78. The summed E-state index contributed by atoms with van der Waals surface area (Å²) in [7, 11) is 0. The topological polar surface area (TPSA) is 123 Å². The minimum Gasteiger partial charge on any atom is -0.465 e. The van der Waals surface area contributed by atoms with Crippen LogP contribution in [0.1, 0.15) is 51.7 Å². The number of ether oxygens (including phenoxy) is 2. The fourth-order valence-electron chi connectivity index (χ4n) is 4.44. The summed E-state index contributed by atoms with van der Waals surface area (Å²) in [4.78, 5) is 38.5. The molecule has 3 aromatic rings. The van der Waals surface area contributed by atoms with Crippen LogP contribution in [0.25, 0.3) is 10.9 Å². The molecule has 0 unspecified atom stereocenters. The molecule has 1 aliphatic heterocycles. The maximum absolute atomic E-state index is 14.2. The zero-order chi connectivity index (χ0) is 27.6. The predicted octanol–water partition coefficient (Wildman–Crippen LogP) is 6.43. The van der Waals surface area contributed by atoms with Crippen molar-refractivity contribution in [2.24, 2.45) is 0 Å². The van der Waals surface area contributed by atoms with Crippen LogP contribution in [0.2, 0.25) is 5.02 Å². The van der Waals surface area contributed by atoms with Crippen molar-refractivity contribution in [3.05, 3.63) is 59.0 Å². The molecule has 1 aromatic heterocycles. The van der Waals surface area contributed by atoms with Gasteiger partial charge in [-0.3, -0.25) is 5.32 Å². The molecule has 0 saturated carbocycles. The highest BCUT2D eigenvalue weighted by atomic mass is 35.5. The van der Waals surface area contributed by atoms with Crippen molar-refractivity contribution in [2.75, 3.05) is 11.9 Å². The number of hydrogen-bond acceptors (Lipinski definition) is 6. The summed E-state index contributed by atoms with van der Waals surface area (Å²) in [6.07, 6.45) is -0.490. The van der Waals surface area contributed by atoms with Crippen LogP contribution in [0.15, 0.2) is 42.6 Å². The Morgan fingerprint density at radius 3 is 2.63 bits per heavy atom. The molecule has 1 fully saturated rings. The maximum Gasteiger partial charge on any atom is 0.435 e. The van der Waals surface area contributed by atoms with Crippen LogP contribution >= 0.6 is 11.6 Å². The molecule has 0 radical (unpaired) electrons. The van der Waals surface area contributed by atoms with E-state index in [1.165, 1.54) is 23.2 Å². The van der Waals surface area contributed by atoms with Gasteiger partial charge >= 0.3 is 18.3 Å². The lowest BCUT2D eigenvalue weighted by atomic mass is 9.93. The average Bonchev–Trinajstić information content (AvgIpc) is 3.24. The molecule has 0 bridgehead atoms. The molecule has 202 valence electrons.